The number of methoxy groups -OCH3 is 2. The minimum Gasteiger partial charge on any atom is -0.487 e. The highest BCUT2D eigenvalue weighted by molar-refractivity contribution is 6.01. The molecule has 0 atom stereocenters. The summed E-state index contributed by atoms with van der Waals surface area (Å²) in [5.74, 6) is -1.54. The van der Waals surface area contributed by atoms with Crippen LogP contribution in [0.5, 0.6) is 5.75 Å². The van der Waals surface area contributed by atoms with Crippen LogP contribution >= 0.6 is 0 Å². The zero-order valence-corrected chi connectivity index (χ0v) is 21.3. The third-order valence-electron chi connectivity index (χ3n) is 5.36. The zero-order chi connectivity index (χ0) is 26.2. The summed E-state index contributed by atoms with van der Waals surface area (Å²) in [4.78, 5) is 39.9. The van der Waals surface area contributed by atoms with Crippen LogP contribution in [0, 0.1) is 11.2 Å². The van der Waals surface area contributed by atoms with Crippen molar-refractivity contribution >= 4 is 11.7 Å². The summed E-state index contributed by atoms with van der Waals surface area (Å²) in [6, 6.07) is 5.70. The Bertz CT molecular complexity index is 1070. The number of nitrogens with one attached hydrogen (secondary N) is 1. The topological polar surface area (TPSA) is 95.9 Å². The normalized spacial score (nSPS) is 11.5. The summed E-state index contributed by atoms with van der Waals surface area (Å²) in [6.45, 7) is 7.45. The molecule has 0 fully saturated rings. The van der Waals surface area contributed by atoms with Crippen LogP contribution in [0.2, 0.25) is 0 Å². The molecule has 0 aliphatic heterocycles. The van der Waals surface area contributed by atoms with Gasteiger partial charge in [-0.05, 0) is 24.1 Å². The number of pyridine rings is 1. The van der Waals surface area contributed by atoms with Crippen LogP contribution in [0.1, 0.15) is 66.9 Å². The fourth-order valence-corrected chi connectivity index (χ4v) is 3.31. The van der Waals surface area contributed by atoms with Gasteiger partial charge in [0.15, 0.2) is 23.5 Å². The van der Waals surface area contributed by atoms with E-state index >= 15 is 0 Å². The number of carbonyl (C=O) groups excluding carboxylic acids is 2. The van der Waals surface area contributed by atoms with Crippen molar-refractivity contribution in [1.29, 1.82) is 0 Å². The van der Waals surface area contributed by atoms with E-state index in [1.54, 1.807) is 32.9 Å². The highest BCUT2D eigenvalue weighted by Gasteiger charge is 2.31. The fraction of sp³-hybridized carbons (Fsp3) is 0.500. The van der Waals surface area contributed by atoms with Gasteiger partial charge in [-0.25, -0.2) is 4.39 Å². The Morgan fingerprint density at radius 3 is 2.29 bits per heavy atom. The van der Waals surface area contributed by atoms with Gasteiger partial charge >= 0.3 is 0 Å². The summed E-state index contributed by atoms with van der Waals surface area (Å²) in [6.07, 6.45) is 2.09. The molecule has 0 aliphatic rings. The van der Waals surface area contributed by atoms with Gasteiger partial charge in [0.1, 0.15) is 5.82 Å². The Morgan fingerprint density at radius 2 is 1.74 bits per heavy atom. The molecule has 1 N–H and O–H groups in total. The van der Waals surface area contributed by atoms with Gasteiger partial charge < -0.3 is 24.1 Å². The molecule has 1 aromatic heterocycles. The van der Waals surface area contributed by atoms with Gasteiger partial charge in [-0.2, -0.15) is 0 Å². The predicted molar refractivity (Wildman–Crippen MR) is 130 cm³/mol. The Balaban J connectivity index is 2.61. The summed E-state index contributed by atoms with van der Waals surface area (Å²) in [5.41, 5.74) is -0.918. The largest absolute Gasteiger partial charge is 0.487 e. The standard InChI is InChI=1S/C26H35FN2O6/c1-7-8-13-35-23-21(25(32)28-14-17-9-11-18(27)12-10-17)29(16-20(33-5)34-6)15-19(22(23)30)24(31)26(2,3)4/h9-12,15,20H,7-8,13-14,16H2,1-6H3,(H,28,32). The number of carbonyl (C=O) groups is 2. The van der Waals surface area contributed by atoms with Crippen LogP contribution in [0.15, 0.2) is 35.3 Å². The summed E-state index contributed by atoms with van der Waals surface area (Å²) in [5, 5.41) is 2.75. The lowest BCUT2D eigenvalue weighted by Gasteiger charge is -2.23. The van der Waals surface area contributed by atoms with Gasteiger partial charge in [0.25, 0.3) is 5.91 Å². The van der Waals surface area contributed by atoms with E-state index in [2.05, 4.69) is 5.32 Å². The van der Waals surface area contributed by atoms with Gasteiger partial charge in [0.2, 0.25) is 5.43 Å². The van der Waals surface area contributed by atoms with E-state index in [9.17, 15) is 18.8 Å². The number of hydrogen-bond donors (Lipinski definition) is 1. The number of rotatable bonds is 12. The monoisotopic (exact) mass is 490 g/mol. The van der Waals surface area contributed by atoms with Crippen molar-refractivity contribution in [2.45, 2.75) is 59.9 Å². The lowest BCUT2D eigenvalue weighted by atomic mass is 9.86. The molecule has 0 spiro atoms. The van der Waals surface area contributed by atoms with Crippen LogP contribution in [0.3, 0.4) is 0 Å². The molecule has 1 aromatic carbocycles. The first-order valence-electron chi connectivity index (χ1n) is 11.6. The van der Waals surface area contributed by atoms with Gasteiger partial charge in [0.05, 0.1) is 18.7 Å². The smallest absolute Gasteiger partial charge is 0.272 e. The molecule has 0 saturated heterocycles. The van der Waals surface area contributed by atoms with Gasteiger partial charge in [0, 0.05) is 32.4 Å². The molecule has 0 saturated carbocycles. The third-order valence-corrected chi connectivity index (χ3v) is 5.36. The number of amides is 1. The summed E-state index contributed by atoms with van der Waals surface area (Å²) < 4.78 is 31.1. The average molecular weight is 491 g/mol. The number of ether oxygens (including phenoxy) is 3. The van der Waals surface area contributed by atoms with Gasteiger partial charge in [-0.3, -0.25) is 14.4 Å². The summed E-state index contributed by atoms with van der Waals surface area (Å²) in [7, 11) is 2.90. The van der Waals surface area contributed by atoms with Crippen LogP contribution < -0.4 is 15.5 Å². The van der Waals surface area contributed by atoms with Crippen LogP contribution in [-0.4, -0.2) is 43.4 Å². The van der Waals surface area contributed by atoms with E-state index in [1.165, 1.54) is 37.1 Å². The first-order valence-corrected chi connectivity index (χ1v) is 11.6. The number of hydrogen-bond acceptors (Lipinski definition) is 6. The number of aromatic nitrogens is 1. The molecule has 2 rings (SSSR count). The molecular formula is C26H35FN2O6. The van der Waals surface area contributed by atoms with E-state index in [0.29, 0.717) is 12.0 Å². The highest BCUT2D eigenvalue weighted by Crippen LogP contribution is 2.23. The molecule has 0 unspecified atom stereocenters. The van der Waals surface area contributed by atoms with Crippen molar-refractivity contribution in [2.24, 2.45) is 5.41 Å². The Hall–Kier alpha value is -3.04. The SMILES string of the molecule is CCCCOc1c(C(=O)NCc2ccc(F)cc2)n(CC(OC)OC)cc(C(=O)C(C)(C)C)c1=O. The van der Waals surface area contributed by atoms with Crippen molar-refractivity contribution in [3.63, 3.8) is 0 Å². The Labute approximate surface area is 205 Å². The highest BCUT2D eigenvalue weighted by atomic mass is 19.1. The molecule has 0 bridgehead atoms. The first kappa shape index (κ1) is 28.2. The van der Waals surface area contributed by atoms with Crippen molar-refractivity contribution < 1.29 is 28.2 Å². The maximum atomic E-state index is 13.4. The maximum absolute atomic E-state index is 13.4. The minimum absolute atomic E-state index is 0.0289. The van der Waals surface area contributed by atoms with Gasteiger partial charge in [-0.1, -0.05) is 46.2 Å². The Kier molecular flexibility index (Phi) is 10.2. The molecule has 0 radical (unpaired) electrons. The van der Waals surface area contributed by atoms with E-state index < -0.39 is 23.0 Å². The van der Waals surface area contributed by atoms with E-state index in [-0.39, 0.29) is 48.3 Å². The maximum Gasteiger partial charge on any atom is 0.272 e. The minimum atomic E-state index is -0.827. The molecule has 35 heavy (non-hydrogen) atoms. The molecule has 192 valence electrons. The van der Waals surface area contributed by atoms with Crippen molar-refractivity contribution in [2.75, 3.05) is 20.8 Å². The van der Waals surface area contributed by atoms with Crippen LogP contribution in [0.4, 0.5) is 4.39 Å². The fourth-order valence-electron chi connectivity index (χ4n) is 3.31. The zero-order valence-electron chi connectivity index (χ0n) is 21.3. The molecule has 8 nitrogen and oxygen atoms in total. The number of halogens is 1. The molecule has 2 aromatic rings. The number of unbranched alkanes of at least 4 members (excludes halogenated alkanes) is 1. The lowest BCUT2D eigenvalue weighted by Crippen LogP contribution is -2.36. The van der Waals surface area contributed by atoms with E-state index in [4.69, 9.17) is 14.2 Å². The van der Waals surface area contributed by atoms with Crippen molar-refractivity contribution in [3.05, 3.63) is 63.3 Å². The van der Waals surface area contributed by atoms with Crippen LogP contribution in [-0.2, 0) is 22.6 Å². The number of Topliss-reactive ketones (excluding diaryl/α,β-unsaturated/α-hetero) is 1. The Morgan fingerprint density at radius 1 is 1.11 bits per heavy atom. The first-order chi connectivity index (χ1) is 16.5. The second-order valence-electron chi connectivity index (χ2n) is 9.19. The van der Waals surface area contributed by atoms with E-state index in [0.717, 1.165) is 6.42 Å². The van der Waals surface area contributed by atoms with Crippen LogP contribution in [0.25, 0.3) is 0 Å². The van der Waals surface area contributed by atoms with E-state index in [1.807, 2.05) is 6.92 Å². The second-order valence-corrected chi connectivity index (χ2v) is 9.19. The number of nitrogens with zero attached hydrogens (tertiary/aromatic N) is 1. The molecule has 9 heteroatoms. The number of ketones is 1. The van der Waals surface area contributed by atoms with Gasteiger partial charge in [-0.15, -0.1) is 0 Å². The third kappa shape index (κ3) is 7.47. The molecular weight excluding hydrogens is 455 g/mol. The number of benzene rings is 1. The molecule has 0 aliphatic carbocycles. The summed E-state index contributed by atoms with van der Waals surface area (Å²) >= 11 is 0. The lowest BCUT2D eigenvalue weighted by molar-refractivity contribution is -0.111. The molecule has 1 amide bonds. The quantitative estimate of drug-likeness (QED) is 0.275. The molecule has 1 heterocycles. The van der Waals surface area contributed by atoms with Crippen molar-refractivity contribution in [3.8, 4) is 5.75 Å². The predicted octanol–water partition coefficient (Wildman–Crippen LogP) is 3.94. The second kappa shape index (κ2) is 12.6. The van der Waals surface area contributed by atoms with Crippen molar-refractivity contribution in [1.82, 2.24) is 9.88 Å². The average Bonchev–Trinajstić information content (AvgIpc) is 2.82.